The van der Waals surface area contributed by atoms with E-state index in [4.69, 9.17) is 33.1 Å². The predicted molar refractivity (Wildman–Crippen MR) is 120 cm³/mol. The van der Waals surface area contributed by atoms with E-state index in [0.29, 0.717) is 29.0 Å². The van der Waals surface area contributed by atoms with Crippen LogP contribution in [0.3, 0.4) is 0 Å². The van der Waals surface area contributed by atoms with Gasteiger partial charge >= 0.3 is 0 Å². The number of aromatic hydroxyl groups is 1. The molecule has 0 fully saturated rings. The first kappa shape index (κ1) is 22.9. The monoisotopic (exact) mass is 480 g/mol. The van der Waals surface area contributed by atoms with Gasteiger partial charge in [0.2, 0.25) is 15.9 Å². The summed E-state index contributed by atoms with van der Waals surface area (Å²) in [5.74, 6) is 0.291. The standard InChI is InChI=1S/C21H18Cl2N2O5S/c1-2-20(27)25-13-9-17(22)21(18(23)10-13)30-14-5-8-19(26)16(11-14)12-3-6-15(7-4-12)31(24,28)29/h3-11,26H,2H2,1H3,(H,25,27)(H2,24,28,29). The molecule has 0 unspecified atom stereocenters. The number of carbonyl (C=O) groups is 1. The number of phenols is 1. The average molecular weight is 481 g/mol. The molecule has 0 radical (unpaired) electrons. The number of hydrogen-bond acceptors (Lipinski definition) is 5. The van der Waals surface area contributed by atoms with E-state index < -0.39 is 10.0 Å². The summed E-state index contributed by atoms with van der Waals surface area (Å²) in [7, 11) is -3.83. The highest BCUT2D eigenvalue weighted by atomic mass is 35.5. The number of primary sulfonamides is 1. The summed E-state index contributed by atoms with van der Waals surface area (Å²) in [6.07, 6.45) is 0.308. The number of sulfonamides is 1. The highest BCUT2D eigenvalue weighted by Crippen LogP contribution is 2.41. The second-order valence-electron chi connectivity index (χ2n) is 6.52. The number of amides is 1. The molecule has 3 aromatic rings. The number of phenolic OH excluding ortho intramolecular Hbond substituents is 1. The third-order valence-electron chi connectivity index (χ3n) is 4.28. The summed E-state index contributed by atoms with van der Waals surface area (Å²) in [5.41, 5.74) is 1.39. The van der Waals surface area contributed by atoms with Crippen molar-refractivity contribution in [3.63, 3.8) is 0 Å². The van der Waals surface area contributed by atoms with Crippen LogP contribution in [0.4, 0.5) is 5.69 Å². The minimum Gasteiger partial charge on any atom is -0.507 e. The molecule has 162 valence electrons. The molecule has 0 aliphatic heterocycles. The highest BCUT2D eigenvalue weighted by molar-refractivity contribution is 7.89. The minimum atomic E-state index is -3.83. The fraction of sp³-hybridized carbons (Fsp3) is 0.0952. The van der Waals surface area contributed by atoms with Crippen molar-refractivity contribution >= 4 is 44.8 Å². The Labute approximate surface area is 189 Å². The van der Waals surface area contributed by atoms with Crippen LogP contribution in [0, 0.1) is 0 Å². The van der Waals surface area contributed by atoms with Gasteiger partial charge in [-0.1, -0.05) is 42.3 Å². The lowest BCUT2D eigenvalue weighted by molar-refractivity contribution is -0.115. The summed E-state index contributed by atoms with van der Waals surface area (Å²) < 4.78 is 28.7. The van der Waals surface area contributed by atoms with Crippen LogP contribution in [0.15, 0.2) is 59.5 Å². The first-order chi connectivity index (χ1) is 14.6. The van der Waals surface area contributed by atoms with E-state index in [9.17, 15) is 18.3 Å². The maximum absolute atomic E-state index is 11.6. The predicted octanol–water partition coefficient (Wildman–Crippen LogP) is 5.15. The fourth-order valence-corrected chi connectivity index (χ4v) is 3.81. The molecule has 0 aliphatic carbocycles. The number of nitrogens with one attached hydrogen (secondary N) is 1. The first-order valence-electron chi connectivity index (χ1n) is 9.01. The third-order valence-corrected chi connectivity index (χ3v) is 5.78. The molecule has 0 saturated heterocycles. The van der Waals surface area contributed by atoms with Crippen molar-refractivity contribution in [1.82, 2.24) is 0 Å². The Morgan fingerprint density at radius 3 is 2.23 bits per heavy atom. The number of halogens is 2. The van der Waals surface area contributed by atoms with Crippen molar-refractivity contribution in [2.75, 3.05) is 5.32 Å². The third kappa shape index (κ3) is 5.48. The molecule has 31 heavy (non-hydrogen) atoms. The zero-order valence-corrected chi connectivity index (χ0v) is 18.6. The molecule has 4 N–H and O–H groups in total. The van der Waals surface area contributed by atoms with Crippen LogP contribution < -0.4 is 15.2 Å². The summed E-state index contributed by atoms with van der Waals surface area (Å²) in [4.78, 5) is 11.5. The molecule has 7 nitrogen and oxygen atoms in total. The second kappa shape index (κ2) is 9.15. The number of rotatable bonds is 6. The molecule has 3 aromatic carbocycles. The Bertz CT molecular complexity index is 1220. The molecule has 0 saturated carbocycles. The van der Waals surface area contributed by atoms with Gasteiger partial charge in [-0.2, -0.15) is 0 Å². The lowest BCUT2D eigenvalue weighted by atomic mass is 10.0. The molecule has 0 heterocycles. The van der Waals surface area contributed by atoms with Gasteiger partial charge in [0, 0.05) is 17.7 Å². The van der Waals surface area contributed by atoms with E-state index in [0.717, 1.165) is 0 Å². The van der Waals surface area contributed by atoms with Gasteiger partial charge in [-0.3, -0.25) is 4.79 Å². The van der Waals surface area contributed by atoms with Crippen LogP contribution in [0.2, 0.25) is 10.0 Å². The lowest BCUT2D eigenvalue weighted by Gasteiger charge is -2.14. The van der Waals surface area contributed by atoms with Gasteiger partial charge in [-0.15, -0.1) is 0 Å². The quantitative estimate of drug-likeness (QED) is 0.450. The largest absolute Gasteiger partial charge is 0.507 e. The summed E-state index contributed by atoms with van der Waals surface area (Å²) in [6.45, 7) is 1.72. The van der Waals surface area contributed by atoms with E-state index in [1.165, 1.54) is 48.5 Å². The molecule has 3 rings (SSSR count). The average Bonchev–Trinajstić information content (AvgIpc) is 2.71. The van der Waals surface area contributed by atoms with Gasteiger partial charge < -0.3 is 15.2 Å². The molecule has 0 atom stereocenters. The molecule has 10 heteroatoms. The maximum atomic E-state index is 11.6. The Morgan fingerprint density at radius 2 is 1.68 bits per heavy atom. The summed E-state index contributed by atoms with van der Waals surface area (Å²) in [5, 5.41) is 18.4. The maximum Gasteiger partial charge on any atom is 0.238 e. The van der Waals surface area contributed by atoms with Crippen LogP contribution in [0.5, 0.6) is 17.2 Å². The van der Waals surface area contributed by atoms with Gasteiger partial charge in [0.25, 0.3) is 0 Å². The van der Waals surface area contributed by atoms with Gasteiger partial charge in [-0.25, -0.2) is 13.6 Å². The number of ether oxygens (including phenoxy) is 1. The summed E-state index contributed by atoms with van der Waals surface area (Å²) in [6, 6.07) is 13.3. The van der Waals surface area contributed by atoms with Crippen molar-refractivity contribution in [3.8, 4) is 28.4 Å². The molecule has 1 amide bonds. The van der Waals surface area contributed by atoms with Gasteiger partial charge in [0.1, 0.15) is 11.5 Å². The van der Waals surface area contributed by atoms with E-state index in [2.05, 4.69) is 5.32 Å². The van der Waals surface area contributed by atoms with Crippen molar-refractivity contribution < 1.29 is 23.1 Å². The molecule has 0 spiro atoms. The van der Waals surface area contributed by atoms with Crippen molar-refractivity contribution in [2.45, 2.75) is 18.2 Å². The lowest BCUT2D eigenvalue weighted by Crippen LogP contribution is -2.11. The fourth-order valence-electron chi connectivity index (χ4n) is 2.73. The Kier molecular flexibility index (Phi) is 6.76. The molecule has 0 bridgehead atoms. The van der Waals surface area contributed by atoms with Crippen LogP contribution in [0.25, 0.3) is 11.1 Å². The number of anilines is 1. The van der Waals surface area contributed by atoms with E-state index in [1.807, 2.05) is 0 Å². The van der Waals surface area contributed by atoms with E-state index >= 15 is 0 Å². The van der Waals surface area contributed by atoms with Gasteiger partial charge in [0.15, 0.2) is 5.75 Å². The highest BCUT2D eigenvalue weighted by Gasteiger charge is 2.15. The van der Waals surface area contributed by atoms with Crippen LogP contribution in [-0.2, 0) is 14.8 Å². The molecular formula is C21H18Cl2N2O5S. The topological polar surface area (TPSA) is 119 Å². The number of hydrogen-bond donors (Lipinski definition) is 3. The Balaban J connectivity index is 1.91. The number of benzene rings is 3. The molecular weight excluding hydrogens is 463 g/mol. The van der Waals surface area contributed by atoms with Gasteiger partial charge in [0.05, 0.1) is 14.9 Å². The molecule has 0 aromatic heterocycles. The van der Waals surface area contributed by atoms with Crippen LogP contribution in [0.1, 0.15) is 13.3 Å². The van der Waals surface area contributed by atoms with Crippen molar-refractivity contribution in [1.29, 1.82) is 0 Å². The SMILES string of the molecule is CCC(=O)Nc1cc(Cl)c(Oc2ccc(O)c(-c3ccc(S(N)(=O)=O)cc3)c2)c(Cl)c1. The van der Waals surface area contributed by atoms with Gasteiger partial charge in [-0.05, 0) is 48.0 Å². The van der Waals surface area contributed by atoms with Crippen LogP contribution >= 0.6 is 23.2 Å². The van der Waals surface area contributed by atoms with Crippen molar-refractivity contribution in [3.05, 3.63) is 64.6 Å². The van der Waals surface area contributed by atoms with Crippen LogP contribution in [-0.4, -0.2) is 19.4 Å². The molecule has 0 aliphatic rings. The number of nitrogens with two attached hydrogens (primary N) is 1. The normalized spacial score (nSPS) is 11.2. The first-order valence-corrected chi connectivity index (χ1v) is 11.3. The zero-order chi connectivity index (χ0) is 22.8. The zero-order valence-electron chi connectivity index (χ0n) is 16.2. The van der Waals surface area contributed by atoms with Crippen molar-refractivity contribution in [2.24, 2.45) is 5.14 Å². The smallest absolute Gasteiger partial charge is 0.238 e. The van der Waals surface area contributed by atoms with E-state index in [1.54, 1.807) is 13.0 Å². The Hall–Kier alpha value is -2.78. The second-order valence-corrected chi connectivity index (χ2v) is 8.90. The summed E-state index contributed by atoms with van der Waals surface area (Å²) >= 11 is 12.6. The van der Waals surface area contributed by atoms with E-state index in [-0.39, 0.29) is 32.3 Å². The Morgan fingerprint density at radius 1 is 1.06 bits per heavy atom. The number of carbonyl (C=O) groups excluding carboxylic acids is 1. The minimum absolute atomic E-state index is 0.0366.